The Morgan fingerprint density at radius 3 is 2.60 bits per heavy atom. The van der Waals surface area contributed by atoms with Crippen LogP contribution in [0, 0.1) is 5.41 Å². The van der Waals surface area contributed by atoms with Gasteiger partial charge >= 0.3 is 0 Å². The van der Waals surface area contributed by atoms with E-state index in [1.807, 2.05) is 24.3 Å². The molecule has 0 unspecified atom stereocenters. The molecule has 20 heavy (non-hydrogen) atoms. The summed E-state index contributed by atoms with van der Waals surface area (Å²) < 4.78 is 0. The summed E-state index contributed by atoms with van der Waals surface area (Å²) in [4.78, 5) is 7.11. The van der Waals surface area contributed by atoms with E-state index in [-0.39, 0.29) is 6.61 Å². The van der Waals surface area contributed by atoms with Crippen LogP contribution in [0.3, 0.4) is 0 Å². The summed E-state index contributed by atoms with van der Waals surface area (Å²) in [7, 11) is 0. The molecule has 2 aromatic rings. The molecule has 106 valence electrons. The lowest BCUT2D eigenvalue weighted by molar-refractivity contribution is 0.272. The number of piperidine rings is 1. The summed E-state index contributed by atoms with van der Waals surface area (Å²) in [5.41, 5.74) is 2.36. The number of rotatable bonds is 2. The van der Waals surface area contributed by atoms with E-state index in [1.165, 1.54) is 12.8 Å². The van der Waals surface area contributed by atoms with Crippen molar-refractivity contribution in [1.29, 1.82) is 0 Å². The Labute approximate surface area is 120 Å². The van der Waals surface area contributed by atoms with Gasteiger partial charge in [0.25, 0.3) is 0 Å². The third-order valence-electron chi connectivity index (χ3n) is 4.37. The summed E-state index contributed by atoms with van der Waals surface area (Å²) in [5, 5.41) is 10.7. The maximum atomic E-state index is 9.64. The topological polar surface area (TPSA) is 36.4 Å². The molecule has 1 aromatic carbocycles. The van der Waals surface area contributed by atoms with Gasteiger partial charge in [-0.15, -0.1) is 0 Å². The molecular weight excluding hydrogens is 248 g/mol. The van der Waals surface area contributed by atoms with Gasteiger partial charge in [-0.2, -0.15) is 0 Å². The van der Waals surface area contributed by atoms with Crippen molar-refractivity contribution in [3.8, 4) is 0 Å². The molecule has 0 aliphatic carbocycles. The van der Waals surface area contributed by atoms with E-state index in [0.29, 0.717) is 5.41 Å². The fourth-order valence-corrected chi connectivity index (χ4v) is 2.86. The van der Waals surface area contributed by atoms with Crippen LogP contribution in [0.25, 0.3) is 10.9 Å². The van der Waals surface area contributed by atoms with Gasteiger partial charge in [0.05, 0.1) is 12.1 Å². The molecule has 1 saturated heterocycles. The van der Waals surface area contributed by atoms with Crippen LogP contribution < -0.4 is 4.90 Å². The monoisotopic (exact) mass is 270 g/mol. The molecule has 3 nitrogen and oxygen atoms in total. The third kappa shape index (κ3) is 2.50. The number of anilines is 1. The number of fused-ring (bicyclic) bond motifs is 1. The summed E-state index contributed by atoms with van der Waals surface area (Å²) in [6.45, 7) is 6.74. The molecule has 0 saturated carbocycles. The molecule has 0 bridgehead atoms. The number of aliphatic hydroxyl groups excluding tert-OH is 1. The van der Waals surface area contributed by atoms with E-state index in [0.717, 1.165) is 35.4 Å². The maximum absolute atomic E-state index is 9.64. The van der Waals surface area contributed by atoms with Crippen molar-refractivity contribution in [2.45, 2.75) is 33.3 Å². The van der Waals surface area contributed by atoms with Gasteiger partial charge in [0, 0.05) is 24.0 Å². The second-order valence-electron chi connectivity index (χ2n) is 6.47. The fraction of sp³-hybridized carbons (Fsp3) is 0.471. The number of aromatic nitrogens is 1. The van der Waals surface area contributed by atoms with Crippen molar-refractivity contribution < 1.29 is 5.11 Å². The van der Waals surface area contributed by atoms with Gasteiger partial charge in [-0.1, -0.05) is 32.0 Å². The van der Waals surface area contributed by atoms with E-state index < -0.39 is 0 Å². The van der Waals surface area contributed by atoms with E-state index >= 15 is 0 Å². The van der Waals surface area contributed by atoms with Gasteiger partial charge in [-0.3, -0.25) is 0 Å². The quantitative estimate of drug-likeness (QED) is 0.909. The number of benzene rings is 1. The highest BCUT2D eigenvalue weighted by atomic mass is 16.3. The average molecular weight is 270 g/mol. The first-order valence-corrected chi connectivity index (χ1v) is 7.33. The summed E-state index contributed by atoms with van der Waals surface area (Å²) in [5.74, 6) is 0.960. The van der Waals surface area contributed by atoms with Crippen molar-refractivity contribution in [2.75, 3.05) is 18.0 Å². The van der Waals surface area contributed by atoms with Crippen LogP contribution in [-0.4, -0.2) is 23.2 Å². The summed E-state index contributed by atoms with van der Waals surface area (Å²) in [6, 6.07) is 10.2. The Hall–Kier alpha value is -1.61. The van der Waals surface area contributed by atoms with Crippen LogP contribution in [0.5, 0.6) is 0 Å². The number of hydrogen-bond donors (Lipinski definition) is 1. The Morgan fingerprint density at radius 2 is 1.90 bits per heavy atom. The lowest BCUT2D eigenvalue weighted by Crippen LogP contribution is -2.38. The van der Waals surface area contributed by atoms with Gasteiger partial charge in [-0.05, 0) is 30.4 Å². The van der Waals surface area contributed by atoms with Crippen LogP contribution in [0.1, 0.15) is 32.3 Å². The minimum atomic E-state index is 0.0487. The smallest absolute Gasteiger partial charge is 0.134 e. The number of pyridine rings is 1. The molecule has 1 aliphatic heterocycles. The maximum Gasteiger partial charge on any atom is 0.134 e. The Balaban J connectivity index is 1.98. The number of para-hydroxylation sites is 1. The molecule has 3 heteroatoms. The second kappa shape index (κ2) is 5.06. The van der Waals surface area contributed by atoms with Gasteiger partial charge in [0.1, 0.15) is 5.82 Å². The van der Waals surface area contributed by atoms with Crippen molar-refractivity contribution in [1.82, 2.24) is 4.98 Å². The molecule has 2 heterocycles. The zero-order chi connectivity index (χ0) is 14.2. The first-order valence-electron chi connectivity index (χ1n) is 7.33. The normalized spacial score (nSPS) is 18.4. The fourth-order valence-electron chi connectivity index (χ4n) is 2.86. The lowest BCUT2D eigenvalue weighted by atomic mass is 9.82. The largest absolute Gasteiger partial charge is 0.392 e. The van der Waals surface area contributed by atoms with Gasteiger partial charge in [0.15, 0.2) is 0 Å². The van der Waals surface area contributed by atoms with Crippen LogP contribution >= 0.6 is 0 Å². The first kappa shape index (κ1) is 13.4. The van der Waals surface area contributed by atoms with Crippen molar-refractivity contribution >= 4 is 16.7 Å². The number of hydrogen-bond acceptors (Lipinski definition) is 3. The molecule has 0 radical (unpaired) electrons. The molecule has 1 N–H and O–H groups in total. The van der Waals surface area contributed by atoms with Gasteiger partial charge in [0.2, 0.25) is 0 Å². The summed E-state index contributed by atoms with van der Waals surface area (Å²) in [6.07, 6.45) is 2.35. The van der Waals surface area contributed by atoms with Crippen LogP contribution in [0.4, 0.5) is 5.82 Å². The molecular formula is C17H22N2O. The van der Waals surface area contributed by atoms with Crippen molar-refractivity contribution in [2.24, 2.45) is 5.41 Å². The predicted octanol–water partition coefficient (Wildman–Crippen LogP) is 3.35. The van der Waals surface area contributed by atoms with Crippen molar-refractivity contribution in [3.63, 3.8) is 0 Å². The third-order valence-corrected chi connectivity index (χ3v) is 4.37. The van der Waals surface area contributed by atoms with Crippen LogP contribution in [0.15, 0.2) is 30.3 Å². The second-order valence-corrected chi connectivity index (χ2v) is 6.47. The number of nitrogens with zero attached hydrogens (tertiary/aromatic N) is 2. The molecule has 0 amide bonds. The highest BCUT2D eigenvalue weighted by Gasteiger charge is 2.27. The van der Waals surface area contributed by atoms with Crippen molar-refractivity contribution in [3.05, 3.63) is 35.9 Å². The van der Waals surface area contributed by atoms with E-state index in [4.69, 9.17) is 4.98 Å². The van der Waals surface area contributed by atoms with Gasteiger partial charge in [-0.25, -0.2) is 4.98 Å². The predicted molar refractivity (Wildman–Crippen MR) is 82.9 cm³/mol. The highest BCUT2D eigenvalue weighted by Crippen LogP contribution is 2.33. The standard InChI is InChI=1S/C17H22N2O/c1-17(2)7-9-19(10-8-17)16-14(12-20)11-13-5-3-4-6-15(13)18-16/h3-6,11,20H,7-10,12H2,1-2H3. The lowest BCUT2D eigenvalue weighted by Gasteiger charge is -2.38. The van der Waals surface area contributed by atoms with Crippen LogP contribution in [-0.2, 0) is 6.61 Å². The van der Waals surface area contributed by atoms with E-state index in [1.54, 1.807) is 0 Å². The Kier molecular flexibility index (Phi) is 3.38. The Morgan fingerprint density at radius 1 is 1.20 bits per heavy atom. The molecule has 0 spiro atoms. The van der Waals surface area contributed by atoms with Crippen LogP contribution in [0.2, 0.25) is 0 Å². The molecule has 1 aliphatic rings. The molecule has 1 fully saturated rings. The zero-order valence-corrected chi connectivity index (χ0v) is 12.3. The molecule has 1 aromatic heterocycles. The van der Waals surface area contributed by atoms with Gasteiger partial charge < -0.3 is 10.0 Å². The zero-order valence-electron chi connectivity index (χ0n) is 12.3. The first-order chi connectivity index (χ1) is 9.59. The average Bonchev–Trinajstić information content (AvgIpc) is 2.46. The summed E-state index contributed by atoms with van der Waals surface area (Å²) >= 11 is 0. The SMILES string of the molecule is CC1(C)CCN(c2nc3ccccc3cc2CO)CC1. The molecule has 0 atom stereocenters. The molecule has 3 rings (SSSR count). The minimum Gasteiger partial charge on any atom is -0.392 e. The number of aliphatic hydroxyl groups is 1. The minimum absolute atomic E-state index is 0.0487. The van der Waals surface area contributed by atoms with E-state index in [9.17, 15) is 5.11 Å². The van der Waals surface area contributed by atoms with E-state index in [2.05, 4.69) is 24.8 Å². The highest BCUT2D eigenvalue weighted by molar-refractivity contribution is 5.81. The Bertz CT molecular complexity index is 611.